The lowest BCUT2D eigenvalue weighted by molar-refractivity contribution is -0.384. The summed E-state index contributed by atoms with van der Waals surface area (Å²) < 4.78 is 1.97. The molecule has 0 aliphatic carbocycles. The van der Waals surface area contributed by atoms with Gasteiger partial charge in [-0.3, -0.25) is 15.0 Å². The van der Waals surface area contributed by atoms with Gasteiger partial charge in [-0.25, -0.2) is 4.68 Å². The van der Waals surface area contributed by atoms with Crippen LogP contribution in [0.4, 0.5) is 11.4 Å². The van der Waals surface area contributed by atoms with Crippen molar-refractivity contribution < 1.29 is 4.92 Å². The third-order valence-electron chi connectivity index (χ3n) is 6.09. The van der Waals surface area contributed by atoms with Gasteiger partial charge in [-0.2, -0.15) is 0 Å². The molecular weight excluding hydrogens is 414 g/mol. The van der Waals surface area contributed by atoms with Gasteiger partial charge in [0, 0.05) is 48.9 Å². The smallest absolute Gasteiger partial charge is 0.269 e. The summed E-state index contributed by atoms with van der Waals surface area (Å²) in [6.45, 7) is 9.82. The van der Waals surface area contributed by atoms with Crippen molar-refractivity contribution >= 4 is 22.7 Å². The highest BCUT2D eigenvalue weighted by molar-refractivity contribution is 7.10. The molecule has 1 unspecified atom stereocenters. The molecule has 0 bridgehead atoms. The van der Waals surface area contributed by atoms with Crippen LogP contribution in [0.3, 0.4) is 0 Å². The molecule has 4 rings (SSSR count). The first-order valence-electron chi connectivity index (χ1n) is 10.5. The van der Waals surface area contributed by atoms with Gasteiger partial charge >= 0.3 is 0 Å². The molecule has 9 nitrogen and oxygen atoms in total. The zero-order valence-corrected chi connectivity index (χ0v) is 18.8. The van der Waals surface area contributed by atoms with E-state index in [1.807, 2.05) is 16.8 Å². The van der Waals surface area contributed by atoms with Crippen molar-refractivity contribution in [3.8, 4) is 0 Å². The fourth-order valence-electron chi connectivity index (χ4n) is 3.89. The van der Waals surface area contributed by atoms with Crippen molar-refractivity contribution in [2.45, 2.75) is 38.8 Å². The molecule has 1 aromatic carbocycles. The second-order valence-electron chi connectivity index (χ2n) is 8.33. The number of hydrogen-bond donors (Lipinski definition) is 0. The highest BCUT2D eigenvalue weighted by Crippen LogP contribution is 2.34. The van der Waals surface area contributed by atoms with E-state index in [9.17, 15) is 10.1 Å². The molecule has 1 atom stereocenters. The van der Waals surface area contributed by atoms with Crippen molar-refractivity contribution in [2.75, 3.05) is 31.1 Å². The Morgan fingerprint density at radius 3 is 2.45 bits per heavy atom. The minimum atomic E-state index is -0.366. The zero-order chi connectivity index (χ0) is 22.0. The molecule has 0 spiro atoms. The largest absolute Gasteiger partial charge is 0.369 e. The van der Waals surface area contributed by atoms with Crippen molar-refractivity contribution in [2.24, 2.45) is 0 Å². The molecule has 3 heterocycles. The van der Waals surface area contributed by atoms with Crippen LogP contribution in [0.25, 0.3) is 0 Å². The average molecular weight is 442 g/mol. The van der Waals surface area contributed by atoms with E-state index in [-0.39, 0.29) is 22.2 Å². The van der Waals surface area contributed by atoms with Crippen LogP contribution < -0.4 is 4.90 Å². The lowest BCUT2D eigenvalue weighted by Crippen LogP contribution is -2.48. The Morgan fingerprint density at radius 1 is 1.16 bits per heavy atom. The standard InChI is InChI=1S/C21H27N7O2S/c1-4-21(2,3)27-20(22-23-24-27)19(18-6-5-15-31-18)26-13-11-25(12-14-26)16-7-9-17(10-8-16)28(29)30/h5-10,15,19H,4,11-14H2,1-3H3. The van der Waals surface area contributed by atoms with Gasteiger partial charge in [0.1, 0.15) is 6.04 Å². The predicted molar refractivity (Wildman–Crippen MR) is 120 cm³/mol. The maximum absolute atomic E-state index is 10.9. The van der Waals surface area contributed by atoms with Crippen LogP contribution in [-0.2, 0) is 5.54 Å². The zero-order valence-electron chi connectivity index (χ0n) is 18.0. The maximum atomic E-state index is 10.9. The molecule has 0 saturated carbocycles. The Morgan fingerprint density at radius 2 is 1.87 bits per heavy atom. The van der Waals surface area contributed by atoms with Crippen LogP contribution in [-0.4, -0.2) is 56.2 Å². The minimum Gasteiger partial charge on any atom is -0.369 e. The van der Waals surface area contributed by atoms with Crippen LogP contribution in [0.1, 0.15) is 43.9 Å². The van der Waals surface area contributed by atoms with E-state index >= 15 is 0 Å². The second-order valence-corrected chi connectivity index (χ2v) is 9.31. The van der Waals surface area contributed by atoms with Gasteiger partial charge in [0.2, 0.25) is 0 Å². The van der Waals surface area contributed by atoms with Gasteiger partial charge in [0.25, 0.3) is 5.69 Å². The number of piperazine rings is 1. The minimum absolute atomic E-state index is 0.000152. The van der Waals surface area contributed by atoms with Crippen LogP contribution >= 0.6 is 11.3 Å². The van der Waals surface area contributed by atoms with E-state index in [4.69, 9.17) is 0 Å². The van der Waals surface area contributed by atoms with Crippen molar-refractivity contribution in [1.82, 2.24) is 25.1 Å². The fraction of sp³-hybridized carbons (Fsp3) is 0.476. The first kappa shape index (κ1) is 21.4. The molecule has 2 aromatic heterocycles. The Bertz CT molecular complexity index is 1010. The summed E-state index contributed by atoms with van der Waals surface area (Å²) in [5, 5.41) is 25.8. The van der Waals surface area contributed by atoms with Gasteiger partial charge in [-0.05, 0) is 54.3 Å². The van der Waals surface area contributed by atoms with Crippen LogP contribution in [0.5, 0.6) is 0 Å². The van der Waals surface area contributed by atoms with Gasteiger partial charge in [0.15, 0.2) is 5.82 Å². The lowest BCUT2D eigenvalue weighted by Gasteiger charge is -2.40. The molecule has 1 aliphatic rings. The monoisotopic (exact) mass is 441 g/mol. The first-order chi connectivity index (χ1) is 14.9. The molecule has 164 valence electrons. The Hall–Kier alpha value is -2.85. The Labute approximate surface area is 185 Å². The SMILES string of the molecule is CCC(C)(C)n1nnnc1C(c1cccs1)N1CCN(c2ccc([N+](=O)[O-])cc2)CC1. The number of hydrogen-bond acceptors (Lipinski definition) is 8. The summed E-state index contributed by atoms with van der Waals surface area (Å²) in [7, 11) is 0. The maximum Gasteiger partial charge on any atom is 0.269 e. The summed E-state index contributed by atoms with van der Waals surface area (Å²) in [5.41, 5.74) is 0.954. The first-order valence-corrected chi connectivity index (χ1v) is 11.3. The molecule has 0 amide bonds. The summed E-state index contributed by atoms with van der Waals surface area (Å²) in [6.07, 6.45) is 0.927. The fourth-order valence-corrected chi connectivity index (χ4v) is 4.74. The van der Waals surface area contributed by atoms with Gasteiger partial charge < -0.3 is 4.90 Å². The number of nitro benzene ring substituents is 1. The number of rotatable bonds is 7. The van der Waals surface area contributed by atoms with Crippen molar-refractivity contribution in [3.63, 3.8) is 0 Å². The second kappa shape index (κ2) is 8.72. The number of non-ortho nitro benzene ring substituents is 1. The van der Waals surface area contributed by atoms with Gasteiger partial charge in [-0.15, -0.1) is 16.4 Å². The number of nitrogens with zero attached hydrogens (tertiary/aromatic N) is 7. The normalized spacial score (nSPS) is 16.4. The summed E-state index contributed by atoms with van der Waals surface area (Å²) in [6, 6.07) is 11.0. The van der Waals surface area contributed by atoms with Gasteiger partial charge in [0.05, 0.1) is 10.5 Å². The molecule has 1 saturated heterocycles. The number of aromatic nitrogens is 4. The Kier molecular flexibility index (Phi) is 6.01. The lowest BCUT2D eigenvalue weighted by atomic mass is 10.0. The van der Waals surface area contributed by atoms with E-state index in [1.165, 1.54) is 4.88 Å². The summed E-state index contributed by atoms with van der Waals surface area (Å²) in [4.78, 5) is 16.5. The number of tetrazole rings is 1. The van der Waals surface area contributed by atoms with E-state index in [2.05, 4.69) is 63.6 Å². The molecule has 31 heavy (non-hydrogen) atoms. The number of thiophene rings is 1. The molecule has 1 aliphatic heterocycles. The number of benzene rings is 1. The van der Waals surface area contributed by atoms with E-state index in [0.29, 0.717) is 0 Å². The Balaban J connectivity index is 1.56. The summed E-state index contributed by atoms with van der Waals surface area (Å²) >= 11 is 1.72. The van der Waals surface area contributed by atoms with Gasteiger partial charge in [-0.1, -0.05) is 13.0 Å². The topological polar surface area (TPSA) is 93.2 Å². The molecular formula is C21H27N7O2S. The third kappa shape index (κ3) is 4.31. The molecule has 3 aromatic rings. The number of nitro groups is 1. The molecule has 1 fully saturated rings. The van der Waals surface area contributed by atoms with Crippen LogP contribution in [0, 0.1) is 10.1 Å². The highest BCUT2D eigenvalue weighted by atomic mass is 32.1. The number of anilines is 1. The van der Waals surface area contributed by atoms with E-state index in [0.717, 1.165) is 44.1 Å². The molecule has 0 N–H and O–H groups in total. The van der Waals surface area contributed by atoms with E-state index < -0.39 is 0 Å². The van der Waals surface area contributed by atoms with Crippen molar-refractivity contribution in [1.29, 1.82) is 0 Å². The quantitative estimate of drug-likeness (QED) is 0.408. The molecule has 10 heteroatoms. The van der Waals surface area contributed by atoms with Crippen LogP contribution in [0.15, 0.2) is 41.8 Å². The highest BCUT2D eigenvalue weighted by Gasteiger charge is 2.34. The predicted octanol–water partition coefficient (Wildman–Crippen LogP) is 3.70. The summed E-state index contributed by atoms with van der Waals surface area (Å²) in [5.74, 6) is 0.873. The van der Waals surface area contributed by atoms with E-state index in [1.54, 1.807) is 23.5 Å². The van der Waals surface area contributed by atoms with Crippen LogP contribution in [0.2, 0.25) is 0 Å². The van der Waals surface area contributed by atoms with Crippen molar-refractivity contribution in [3.05, 3.63) is 62.6 Å². The third-order valence-corrected chi connectivity index (χ3v) is 7.02. The molecule has 0 radical (unpaired) electrons. The average Bonchev–Trinajstić information content (AvgIpc) is 3.48.